The summed E-state index contributed by atoms with van der Waals surface area (Å²) in [5.74, 6) is 2.32. The summed E-state index contributed by atoms with van der Waals surface area (Å²) in [5.41, 5.74) is 5.42. The molecule has 1 aromatic heterocycles. The van der Waals surface area contributed by atoms with Crippen molar-refractivity contribution in [3.05, 3.63) is 24.3 Å². The first-order valence-corrected chi connectivity index (χ1v) is 9.20. The number of rotatable bonds is 6. The monoisotopic (exact) mass is 359 g/mol. The van der Waals surface area contributed by atoms with Crippen LogP contribution in [0.1, 0.15) is 19.3 Å². The van der Waals surface area contributed by atoms with Crippen LogP contribution in [0.25, 0.3) is 0 Å². The van der Waals surface area contributed by atoms with E-state index in [2.05, 4.69) is 20.4 Å². The van der Waals surface area contributed by atoms with E-state index in [9.17, 15) is 0 Å². The molecule has 8 nitrogen and oxygen atoms in total. The maximum absolute atomic E-state index is 6.04. The number of aromatic nitrogens is 2. The van der Waals surface area contributed by atoms with Crippen LogP contribution in [0.3, 0.4) is 0 Å². The zero-order valence-electron chi connectivity index (χ0n) is 14.8. The molecule has 0 amide bonds. The number of ether oxygens (including phenoxy) is 2. The van der Waals surface area contributed by atoms with Crippen molar-refractivity contribution < 1.29 is 13.9 Å². The van der Waals surface area contributed by atoms with Gasteiger partial charge in [0.2, 0.25) is 0 Å². The Hall–Kier alpha value is -2.48. The fraction of sp³-hybridized carbons (Fsp3) is 0.556. The lowest BCUT2D eigenvalue weighted by molar-refractivity contribution is 0.0704. The number of fused-ring (bicyclic) bond motifs is 1. The molecule has 1 saturated heterocycles. The maximum atomic E-state index is 6.04. The van der Waals surface area contributed by atoms with Gasteiger partial charge in [-0.2, -0.15) is 0 Å². The minimum atomic E-state index is 0.0962. The molecular formula is C18H25N5O3. The molecule has 0 bridgehead atoms. The van der Waals surface area contributed by atoms with Crippen LogP contribution < -0.4 is 20.5 Å². The fourth-order valence-electron chi connectivity index (χ4n) is 3.48. The van der Waals surface area contributed by atoms with Crippen molar-refractivity contribution in [2.45, 2.75) is 25.4 Å². The molecule has 26 heavy (non-hydrogen) atoms. The highest BCUT2D eigenvalue weighted by atomic mass is 16.6. The van der Waals surface area contributed by atoms with Gasteiger partial charge in [0.1, 0.15) is 12.7 Å². The van der Waals surface area contributed by atoms with E-state index in [1.165, 1.54) is 0 Å². The second kappa shape index (κ2) is 7.82. The van der Waals surface area contributed by atoms with E-state index in [4.69, 9.17) is 19.6 Å². The predicted octanol–water partition coefficient (Wildman–Crippen LogP) is 2.01. The first-order valence-electron chi connectivity index (χ1n) is 9.20. The normalized spacial score (nSPS) is 20.8. The molecule has 1 aromatic carbocycles. The summed E-state index contributed by atoms with van der Waals surface area (Å²) in [4.78, 5) is 2.51. The summed E-state index contributed by atoms with van der Waals surface area (Å²) in [6, 6.07) is 8.36. The number of anilines is 2. The third kappa shape index (κ3) is 4.19. The molecule has 1 unspecified atom stereocenters. The Morgan fingerprint density at radius 1 is 1.15 bits per heavy atom. The standard InChI is InChI=1S/C18H25N5O3/c19-17-21-22-18(26-17)20-11-13-5-8-23(9-6-13)10-7-14-12-24-15-3-1-2-4-16(15)25-14/h1-4,13-14H,5-12H2,(H2,19,21)(H,20,22). The average Bonchev–Trinajstić information content (AvgIpc) is 3.10. The molecule has 2 aliphatic rings. The SMILES string of the molecule is Nc1nnc(NCC2CCN(CCC3COc4ccccc4O3)CC2)o1. The van der Waals surface area contributed by atoms with Crippen molar-refractivity contribution in [1.29, 1.82) is 0 Å². The molecule has 0 saturated carbocycles. The number of nitrogens with two attached hydrogens (primary N) is 1. The first-order chi connectivity index (χ1) is 12.8. The quantitative estimate of drug-likeness (QED) is 0.808. The molecule has 1 atom stereocenters. The molecule has 3 heterocycles. The second-order valence-corrected chi connectivity index (χ2v) is 6.90. The number of likely N-dealkylation sites (tertiary alicyclic amines) is 1. The molecule has 8 heteroatoms. The smallest absolute Gasteiger partial charge is 0.316 e. The van der Waals surface area contributed by atoms with E-state index in [0.717, 1.165) is 56.9 Å². The Morgan fingerprint density at radius 2 is 1.96 bits per heavy atom. The highest BCUT2D eigenvalue weighted by molar-refractivity contribution is 5.40. The summed E-state index contributed by atoms with van der Waals surface area (Å²) in [5, 5.41) is 10.6. The highest BCUT2D eigenvalue weighted by Crippen LogP contribution is 2.31. The van der Waals surface area contributed by atoms with Gasteiger partial charge in [0.05, 0.1) is 0 Å². The van der Waals surface area contributed by atoms with Gasteiger partial charge in [-0.25, -0.2) is 0 Å². The highest BCUT2D eigenvalue weighted by Gasteiger charge is 2.23. The largest absolute Gasteiger partial charge is 0.486 e. The minimum Gasteiger partial charge on any atom is -0.486 e. The zero-order valence-corrected chi connectivity index (χ0v) is 14.8. The van der Waals surface area contributed by atoms with Crippen LogP contribution in [-0.2, 0) is 0 Å². The van der Waals surface area contributed by atoms with Crippen molar-refractivity contribution in [2.75, 3.05) is 43.8 Å². The van der Waals surface area contributed by atoms with E-state index in [1.807, 2.05) is 24.3 Å². The predicted molar refractivity (Wildman–Crippen MR) is 97.3 cm³/mol. The summed E-state index contributed by atoms with van der Waals surface area (Å²) in [7, 11) is 0. The molecule has 0 aliphatic carbocycles. The van der Waals surface area contributed by atoms with E-state index < -0.39 is 0 Å². The van der Waals surface area contributed by atoms with Crippen molar-refractivity contribution >= 4 is 12.0 Å². The molecule has 2 aliphatic heterocycles. The summed E-state index contributed by atoms with van der Waals surface area (Å²) >= 11 is 0. The van der Waals surface area contributed by atoms with Gasteiger partial charge < -0.3 is 29.8 Å². The van der Waals surface area contributed by atoms with Gasteiger partial charge in [-0.3, -0.25) is 0 Å². The molecule has 0 radical (unpaired) electrons. The Balaban J connectivity index is 1.15. The van der Waals surface area contributed by atoms with Gasteiger partial charge >= 0.3 is 12.0 Å². The average molecular weight is 359 g/mol. The molecular weight excluding hydrogens is 334 g/mol. The van der Waals surface area contributed by atoms with Gasteiger partial charge in [-0.1, -0.05) is 22.3 Å². The van der Waals surface area contributed by atoms with E-state index in [1.54, 1.807) is 0 Å². The van der Waals surface area contributed by atoms with E-state index in [-0.39, 0.29) is 12.1 Å². The maximum Gasteiger partial charge on any atom is 0.316 e. The van der Waals surface area contributed by atoms with Crippen LogP contribution in [0.15, 0.2) is 28.7 Å². The molecule has 140 valence electrons. The number of nitrogen functional groups attached to an aromatic ring is 1. The zero-order chi connectivity index (χ0) is 17.8. The van der Waals surface area contributed by atoms with E-state index in [0.29, 0.717) is 18.5 Å². The molecule has 0 spiro atoms. The lowest BCUT2D eigenvalue weighted by Gasteiger charge is -2.33. The van der Waals surface area contributed by atoms with Crippen LogP contribution in [0.2, 0.25) is 0 Å². The molecule has 4 rings (SSSR count). The number of nitrogens with one attached hydrogen (secondary N) is 1. The van der Waals surface area contributed by atoms with Crippen molar-refractivity contribution in [3.63, 3.8) is 0 Å². The lowest BCUT2D eigenvalue weighted by Crippen LogP contribution is -2.39. The van der Waals surface area contributed by atoms with Crippen LogP contribution in [-0.4, -0.2) is 54.0 Å². The topological polar surface area (TPSA) is 98.7 Å². The van der Waals surface area contributed by atoms with Gasteiger partial charge in [-0.05, 0) is 44.0 Å². The number of nitrogens with zero attached hydrogens (tertiary/aromatic N) is 3. The second-order valence-electron chi connectivity index (χ2n) is 6.90. The number of piperidine rings is 1. The third-order valence-corrected chi connectivity index (χ3v) is 5.02. The Morgan fingerprint density at radius 3 is 2.73 bits per heavy atom. The fourth-order valence-corrected chi connectivity index (χ4v) is 3.48. The first kappa shape index (κ1) is 17.0. The van der Waals surface area contributed by atoms with Gasteiger partial charge in [-0.15, -0.1) is 0 Å². The molecule has 3 N–H and O–H groups in total. The van der Waals surface area contributed by atoms with Gasteiger partial charge in [0.15, 0.2) is 11.5 Å². The Labute approximate surface area is 152 Å². The Bertz CT molecular complexity index is 714. The Kier molecular flexibility index (Phi) is 5.10. The van der Waals surface area contributed by atoms with E-state index >= 15 is 0 Å². The van der Waals surface area contributed by atoms with Crippen LogP contribution >= 0.6 is 0 Å². The van der Waals surface area contributed by atoms with Crippen LogP contribution in [0.5, 0.6) is 11.5 Å². The molecule has 2 aromatic rings. The number of benzene rings is 1. The number of hydrogen-bond acceptors (Lipinski definition) is 8. The molecule has 1 fully saturated rings. The number of para-hydroxylation sites is 2. The van der Waals surface area contributed by atoms with Crippen LogP contribution in [0, 0.1) is 5.92 Å². The summed E-state index contributed by atoms with van der Waals surface area (Å²) in [6.07, 6.45) is 3.42. The third-order valence-electron chi connectivity index (χ3n) is 5.02. The summed E-state index contributed by atoms with van der Waals surface area (Å²) in [6.45, 7) is 4.71. The van der Waals surface area contributed by atoms with Gasteiger partial charge in [0.25, 0.3) is 0 Å². The van der Waals surface area contributed by atoms with Gasteiger partial charge in [0, 0.05) is 19.5 Å². The van der Waals surface area contributed by atoms with Crippen molar-refractivity contribution in [1.82, 2.24) is 15.1 Å². The van der Waals surface area contributed by atoms with Crippen molar-refractivity contribution in [3.8, 4) is 11.5 Å². The number of hydrogen-bond donors (Lipinski definition) is 2. The lowest BCUT2D eigenvalue weighted by atomic mass is 9.96. The summed E-state index contributed by atoms with van der Waals surface area (Å²) < 4.78 is 17.0. The van der Waals surface area contributed by atoms with Crippen LogP contribution in [0.4, 0.5) is 12.0 Å². The minimum absolute atomic E-state index is 0.0962. The van der Waals surface area contributed by atoms with Crippen molar-refractivity contribution in [2.24, 2.45) is 5.92 Å².